The van der Waals surface area contributed by atoms with Crippen molar-refractivity contribution in [3.63, 3.8) is 0 Å². The normalized spacial score (nSPS) is 21.4. The Morgan fingerprint density at radius 3 is 3.00 bits per heavy atom. The molecule has 19 heavy (non-hydrogen) atoms. The Kier molecular flexibility index (Phi) is 4.55. The fourth-order valence-corrected chi connectivity index (χ4v) is 2.17. The molecule has 0 saturated carbocycles. The van der Waals surface area contributed by atoms with Gasteiger partial charge in [0.1, 0.15) is 12.1 Å². The maximum Gasteiger partial charge on any atom is 0.243 e. The van der Waals surface area contributed by atoms with Gasteiger partial charge in [0.25, 0.3) is 0 Å². The number of nitrogens with zero attached hydrogens (tertiary/aromatic N) is 2. The minimum atomic E-state index is -0.287. The maximum absolute atomic E-state index is 12.1. The molecule has 2 rings (SSSR count). The molecule has 1 aliphatic heterocycles. The van der Waals surface area contributed by atoms with E-state index in [2.05, 4.69) is 15.6 Å². The van der Waals surface area contributed by atoms with Crippen LogP contribution >= 0.6 is 0 Å². The molecule has 1 fully saturated rings. The van der Waals surface area contributed by atoms with Gasteiger partial charge in [0.2, 0.25) is 5.91 Å². The van der Waals surface area contributed by atoms with Gasteiger partial charge < -0.3 is 19.9 Å². The summed E-state index contributed by atoms with van der Waals surface area (Å²) in [6.45, 7) is 8.08. The topological polar surface area (TPSA) is 68.2 Å². The average Bonchev–Trinajstić information content (AvgIpc) is 2.87. The average molecular weight is 266 g/mol. The number of nitrogens with one attached hydrogen (secondary N) is 2. The number of hydrogen-bond acceptors (Lipinski definition) is 4. The summed E-state index contributed by atoms with van der Waals surface area (Å²) in [4.78, 5) is 16.2. The molecule has 1 aromatic heterocycles. The van der Waals surface area contributed by atoms with E-state index in [1.165, 1.54) is 0 Å². The van der Waals surface area contributed by atoms with Gasteiger partial charge in [-0.2, -0.15) is 0 Å². The fourth-order valence-electron chi connectivity index (χ4n) is 2.17. The molecule has 106 valence electrons. The monoisotopic (exact) mass is 266 g/mol. The number of morpholine rings is 1. The molecular weight excluding hydrogens is 244 g/mol. The second-order valence-corrected chi connectivity index (χ2v) is 5.13. The quantitative estimate of drug-likeness (QED) is 0.839. The van der Waals surface area contributed by atoms with E-state index >= 15 is 0 Å². The maximum atomic E-state index is 12.1. The Morgan fingerprint density at radius 2 is 2.37 bits per heavy atom. The largest absolute Gasteiger partial charge is 0.369 e. The Hall–Kier alpha value is -1.40. The van der Waals surface area contributed by atoms with Crippen LogP contribution in [0.15, 0.2) is 12.5 Å². The van der Waals surface area contributed by atoms with Crippen LogP contribution in [0.4, 0.5) is 0 Å². The highest BCUT2D eigenvalue weighted by atomic mass is 16.5. The van der Waals surface area contributed by atoms with E-state index in [0.717, 1.165) is 18.8 Å². The minimum Gasteiger partial charge on any atom is -0.369 e. The van der Waals surface area contributed by atoms with E-state index in [0.29, 0.717) is 6.61 Å². The third-order valence-corrected chi connectivity index (χ3v) is 3.18. The van der Waals surface area contributed by atoms with E-state index in [-0.39, 0.29) is 24.1 Å². The number of imidazole rings is 1. The van der Waals surface area contributed by atoms with Gasteiger partial charge in [-0.3, -0.25) is 4.79 Å². The summed E-state index contributed by atoms with van der Waals surface area (Å²) in [5.41, 5.74) is 0.943. The van der Waals surface area contributed by atoms with Crippen LogP contribution in [-0.4, -0.2) is 41.2 Å². The zero-order valence-electron chi connectivity index (χ0n) is 11.7. The van der Waals surface area contributed by atoms with Crippen molar-refractivity contribution in [3.05, 3.63) is 18.2 Å². The molecule has 2 heterocycles. The van der Waals surface area contributed by atoms with Gasteiger partial charge in [-0.1, -0.05) is 0 Å². The van der Waals surface area contributed by atoms with E-state index in [9.17, 15) is 4.79 Å². The van der Waals surface area contributed by atoms with E-state index in [4.69, 9.17) is 4.74 Å². The van der Waals surface area contributed by atoms with Crippen molar-refractivity contribution in [1.29, 1.82) is 0 Å². The van der Waals surface area contributed by atoms with Crippen LogP contribution < -0.4 is 10.6 Å². The Bertz CT molecular complexity index is 424. The lowest BCUT2D eigenvalue weighted by atomic mass is 10.2. The van der Waals surface area contributed by atoms with Crippen LogP contribution in [0.5, 0.6) is 0 Å². The lowest BCUT2D eigenvalue weighted by Crippen LogP contribution is -2.38. The zero-order chi connectivity index (χ0) is 13.8. The number of aromatic nitrogens is 2. The van der Waals surface area contributed by atoms with Gasteiger partial charge in [0, 0.05) is 19.1 Å². The van der Waals surface area contributed by atoms with Gasteiger partial charge in [0.05, 0.1) is 24.8 Å². The van der Waals surface area contributed by atoms with Gasteiger partial charge in [-0.05, 0) is 20.8 Å². The van der Waals surface area contributed by atoms with Crippen LogP contribution in [0.25, 0.3) is 0 Å². The molecule has 0 aliphatic carbocycles. The van der Waals surface area contributed by atoms with Crippen LogP contribution in [0.1, 0.15) is 38.6 Å². The van der Waals surface area contributed by atoms with Gasteiger partial charge in [0.15, 0.2) is 0 Å². The number of ether oxygens (including phenoxy) is 1. The first kappa shape index (κ1) is 14.0. The van der Waals surface area contributed by atoms with Crippen molar-refractivity contribution in [1.82, 2.24) is 20.2 Å². The van der Waals surface area contributed by atoms with Crippen molar-refractivity contribution in [3.8, 4) is 0 Å². The first-order valence-electron chi connectivity index (χ1n) is 6.74. The van der Waals surface area contributed by atoms with Crippen LogP contribution in [-0.2, 0) is 9.53 Å². The number of amides is 1. The molecule has 1 saturated heterocycles. The van der Waals surface area contributed by atoms with Crippen molar-refractivity contribution in [2.45, 2.75) is 39.0 Å². The fraction of sp³-hybridized carbons (Fsp3) is 0.692. The summed E-state index contributed by atoms with van der Waals surface area (Å²) in [6, 6.07) is -0.153. The number of rotatable bonds is 4. The number of carbonyl (C=O) groups is 1. The molecule has 0 bridgehead atoms. The van der Waals surface area contributed by atoms with Gasteiger partial charge >= 0.3 is 0 Å². The highest BCUT2D eigenvalue weighted by molar-refractivity contribution is 5.80. The zero-order valence-corrected chi connectivity index (χ0v) is 11.7. The third kappa shape index (κ3) is 3.33. The van der Waals surface area contributed by atoms with Crippen LogP contribution in [0.3, 0.4) is 0 Å². The molecule has 1 aromatic rings. The molecule has 1 amide bonds. The molecule has 2 atom stereocenters. The summed E-state index contributed by atoms with van der Waals surface area (Å²) >= 11 is 0. The van der Waals surface area contributed by atoms with E-state index in [1.807, 2.05) is 25.3 Å². The van der Waals surface area contributed by atoms with Crippen LogP contribution in [0, 0.1) is 0 Å². The predicted octanol–water partition coefficient (Wildman–Crippen LogP) is 0.630. The summed E-state index contributed by atoms with van der Waals surface area (Å²) in [5.74, 6) is -0.00183. The lowest BCUT2D eigenvalue weighted by Gasteiger charge is -2.26. The van der Waals surface area contributed by atoms with Crippen molar-refractivity contribution >= 4 is 5.91 Å². The summed E-state index contributed by atoms with van der Waals surface area (Å²) in [7, 11) is 0. The number of carbonyl (C=O) groups excluding carboxylic acids is 1. The molecular formula is C13H22N4O2. The summed E-state index contributed by atoms with van der Waals surface area (Å²) in [6.07, 6.45) is 3.43. The van der Waals surface area contributed by atoms with E-state index < -0.39 is 0 Å². The Morgan fingerprint density at radius 1 is 1.58 bits per heavy atom. The minimum absolute atomic E-state index is 0.00183. The number of hydrogen-bond donors (Lipinski definition) is 2. The van der Waals surface area contributed by atoms with Crippen LogP contribution in [0.2, 0.25) is 0 Å². The molecule has 0 radical (unpaired) electrons. The SMILES string of the molecule is CC(C)NC(=O)C(C)n1cncc1C1CNCCO1. The molecule has 0 spiro atoms. The highest BCUT2D eigenvalue weighted by Gasteiger charge is 2.24. The molecule has 6 nitrogen and oxygen atoms in total. The van der Waals surface area contributed by atoms with Gasteiger partial charge in [-0.15, -0.1) is 0 Å². The molecule has 1 aliphatic rings. The lowest BCUT2D eigenvalue weighted by molar-refractivity contribution is -0.124. The second-order valence-electron chi connectivity index (χ2n) is 5.13. The first-order chi connectivity index (χ1) is 9.09. The van der Waals surface area contributed by atoms with Gasteiger partial charge in [-0.25, -0.2) is 4.98 Å². The molecule has 6 heteroatoms. The van der Waals surface area contributed by atoms with Crippen molar-refractivity contribution in [2.75, 3.05) is 19.7 Å². The van der Waals surface area contributed by atoms with Crippen molar-refractivity contribution in [2.24, 2.45) is 0 Å². The smallest absolute Gasteiger partial charge is 0.243 e. The molecule has 0 aromatic carbocycles. The Labute approximate surface area is 113 Å². The summed E-state index contributed by atoms with van der Waals surface area (Å²) < 4.78 is 7.60. The predicted molar refractivity (Wildman–Crippen MR) is 71.8 cm³/mol. The standard InChI is InChI=1S/C13H22N4O2/c1-9(2)16-13(18)10(3)17-8-15-6-11(17)12-7-14-4-5-19-12/h6,8-10,12,14H,4-5,7H2,1-3H3,(H,16,18). The first-order valence-corrected chi connectivity index (χ1v) is 6.74. The third-order valence-electron chi connectivity index (χ3n) is 3.18. The van der Waals surface area contributed by atoms with Crippen molar-refractivity contribution < 1.29 is 9.53 Å². The highest BCUT2D eigenvalue weighted by Crippen LogP contribution is 2.21. The molecule has 2 unspecified atom stereocenters. The molecule has 2 N–H and O–H groups in total. The van der Waals surface area contributed by atoms with E-state index in [1.54, 1.807) is 12.5 Å². The second kappa shape index (κ2) is 6.16. The summed E-state index contributed by atoms with van der Waals surface area (Å²) in [5, 5.41) is 6.20. The Balaban J connectivity index is 2.11.